The maximum atomic E-state index is 14.7. The summed E-state index contributed by atoms with van der Waals surface area (Å²) in [5, 5.41) is 7.97. The van der Waals surface area contributed by atoms with E-state index in [2.05, 4.69) is 30.2 Å². The van der Waals surface area contributed by atoms with Gasteiger partial charge in [0.25, 0.3) is 0 Å². The minimum Gasteiger partial charge on any atom is -0.364 e. The van der Waals surface area contributed by atoms with Crippen LogP contribution in [-0.2, 0) is 6.54 Å². The molecule has 1 unspecified atom stereocenters. The van der Waals surface area contributed by atoms with Crippen molar-refractivity contribution in [2.45, 2.75) is 25.4 Å². The van der Waals surface area contributed by atoms with Gasteiger partial charge in [-0.2, -0.15) is 0 Å². The van der Waals surface area contributed by atoms with Crippen molar-refractivity contribution in [3.63, 3.8) is 0 Å². The van der Waals surface area contributed by atoms with Gasteiger partial charge in [0.05, 0.1) is 11.7 Å². The number of aliphatic imine (C=N–C) groups is 1. The van der Waals surface area contributed by atoms with Gasteiger partial charge in [0.1, 0.15) is 12.1 Å². The van der Waals surface area contributed by atoms with Crippen LogP contribution in [0.15, 0.2) is 40.0 Å². The summed E-state index contributed by atoms with van der Waals surface area (Å²) in [6.45, 7) is 6.83. The third kappa shape index (κ3) is 5.37. The summed E-state index contributed by atoms with van der Waals surface area (Å²) in [6.07, 6.45) is 3.87. The molecule has 0 radical (unpaired) electrons. The number of nitrogens with one attached hydrogen (secondary N) is 1. The van der Waals surface area contributed by atoms with Crippen LogP contribution in [0.1, 0.15) is 30.1 Å². The Labute approximate surface area is 187 Å². The van der Waals surface area contributed by atoms with Crippen molar-refractivity contribution in [3.05, 3.63) is 52.6 Å². The molecule has 0 amide bonds. The highest BCUT2D eigenvalue weighted by Gasteiger charge is 2.29. The lowest BCUT2D eigenvalue weighted by Gasteiger charge is -2.37. The predicted octanol–water partition coefficient (Wildman–Crippen LogP) is 3.00. The molecule has 0 saturated carbocycles. The van der Waals surface area contributed by atoms with Crippen molar-refractivity contribution < 1.29 is 8.91 Å². The van der Waals surface area contributed by atoms with Gasteiger partial charge in [-0.1, -0.05) is 22.8 Å². The van der Waals surface area contributed by atoms with E-state index in [0.29, 0.717) is 17.1 Å². The minimum atomic E-state index is -0.248. The van der Waals surface area contributed by atoms with Crippen LogP contribution in [0.2, 0.25) is 5.02 Å². The summed E-state index contributed by atoms with van der Waals surface area (Å²) in [7, 11) is 1.80. The number of benzene rings is 1. The summed E-state index contributed by atoms with van der Waals surface area (Å²) < 4.78 is 19.6. The highest BCUT2D eigenvalue weighted by Crippen LogP contribution is 2.32. The SMILES string of the molecule is CN=C(NCC(c1c(F)cccc1Cl)N1CCCC1)N1CCN(Cc2ccon2)CC1. The molecule has 9 heteroatoms. The second-order valence-corrected chi connectivity index (χ2v) is 8.48. The molecule has 4 rings (SSSR count). The van der Waals surface area contributed by atoms with Gasteiger partial charge in [0.15, 0.2) is 5.96 Å². The van der Waals surface area contributed by atoms with E-state index < -0.39 is 0 Å². The molecule has 1 N–H and O–H groups in total. The lowest BCUT2D eigenvalue weighted by Crippen LogP contribution is -2.53. The van der Waals surface area contributed by atoms with Crippen LogP contribution in [0.4, 0.5) is 4.39 Å². The van der Waals surface area contributed by atoms with Crippen molar-refractivity contribution in [2.75, 3.05) is 52.9 Å². The zero-order valence-corrected chi connectivity index (χ0v) is 18.7. The number of hydrogen-bond acceptors (Lipinski definition) is 5. The first-order valence-electron chi connectivity index (χ1n) is 10.9. The van der Waals surface area contributed by atoms with Gasteiger partial charge in [-0.05, 0) is 38.1 Å². The van der Waals surface area contributed by atoms with E-state index in [9.17, 15) is 4.39 Å². The third-order valence-corrected chi connectivity index (χ3v) is 6.46. The largest absolute Gasteiger partial charge is 0.364 e. The summed E-state index contributed by atoms with van der Waals surface area (Å²) in [5.41, 5.74) is 1.53. The van der Waals surface area contributed by atoms with Crippen LogP contribution in [-0.4, -0.2) is 78.7 Å². The lowest BCUT2D eigenvalue weighted by molar-refractivity contribution is 0.167. The molecule has 31 heavy (non-hydrogen) atoms. The standard InChI is InChI=1S/C22H30ClFN6O/c1-25-22(30-12-10-28(11-13-30)16-17-7-14-31-27-17)26-15-20(29-8-2-3-9-29)21-18(23)5-4-6-19(21)24/h4-7,14,20H,2-3,8-13,15-16H2,1H3,(H,25,26). The molecule has 2 aromatic rings. The molecule has 0 bridgehead atoms. The normalized spacial score (nSPS) is 19.7. The molecule has 2 fully saturated rings. The predicted molar refractivity (Wildman–Crippen MR) is 120 cm³/mol. The molecule has 1 atom stereocenters. The second kappa shape index (κ2) is 10.4. The number of guanidine groups is 1. The van der Waals surface area contributed by atoms with Crippen molar-refractivity contribution >= 4 is 17.6 Å². The highest BCUT2D eigenvalue weighted by atomic mass is 35.5. The van der Waals surface area contributed by atoms with E-state index in [0.717, 1.165) is 70.3 Å². The maximum absolute atomic E-state index is 14.7. The Kier molecular flexibility index (Phi) is 7.42. The topological polar surface area (TPSA) is 60.1 Å². The van der Waals surface area contributed by atoms with Crippen molar-refractivity contribution in [3.8, 4) is 0 Å². The van der Waals surface area contributed by atoms with Gasteiger partial charge in [-0.3, -0.25) is 14.8 Å². The molecule has 7 nitrogen and oxygen atoms in total. The Morgan fingerprint density at radius 1 is 1.19 bits per heavy atom. The fourth-order valence-corrected chi connectivity index (χ4v) is 4.77. The number of likely N-dealkylation sites (tertiary alicyclic amines) is 1. The van der Waals surface area contributed by atoms with Gasteiger partial charge in [0, 0.05) is 63.0 Å². The van der Waals surface area contributed by atoms with Crippen molar-refractivity contribution in [1.82, 2.24) is 25.2 Å². The number of hydrogen-bond donors (Lipinski definition) is 1. The van der Waals surface area contributed by atoms with Gasteiger partial charge < -0.3 is 14.7 Å². The summed E-state index contributed by atoms with van der Waals surface area (Å²) >= 11 is 6.42. The quantitative estimate of drug-likeness (QED) is 0.541. The Morgan fingerprint density at radius 2 is 1.97 bits per heavy atom. The Morgan fingerprint density at radius 3 is 2.61 bits per heavy atom. The van der Waals surface area contributed by atoms with E-state index in [1.807, 2.05) is 6.07 Å². The molecule has 1 aromatic heterocycles. The summed E-state index contributed by atoms with van der Waals surface area (Å²) in [6, 6.07) is 6.70. The minimum absolute atomic E-state index is 0.124. The number of aromatic nitrogens is 1. The maximum Gasteiger partial charge on any atom is 0.193 e. The molecule has 0 aliphatic carbocycles. The van der Waals surface area contributed by atoms with Gasteiger partial charge in [-0.15, -0.1) is 0 Å². The van der Waals surface area contributed by atoms with Gasteiger partial charge in [0.2, 0.25) is 0 Å². The van der Waals surface area contributed by atoms with Crippen LogP contribution >= 0.6 is 11.6 Å². The zero-order valence-electron chi connectivity index (χ0n) is 17.9. The molecule has 1 aromatic carbocycles. The Hall–Kier alpha value is -2.16. The van der Waals surface area contributed by atoms with Crippen LogP contribution in [0.5, 0.6) is 0 Å². The van der Waals surface area contributed by atoms with E-state index in [-0.39, 0.29) is 11.9 Å². The van der Waals surface area contributed by atoms with E-state index >= 15 is 0 Å². The average molecular weight is 449 g/mol. The number of halogens is 2. The number of nitrogens with zero attached hydrogens (tertiary/aromatic N) is 5. The fraction of sp³-hybridized carbons (Fsp3) is 0.545. The fourth-order valence-electron chi connectivity index (χ4n) is 4.48. The number of rotatable bonds is 6. The first-order chi connectivity index (χ1) is 15.2. The summed E-state index contributed by atoms with van der Waals surface area (Å²) in [4.78, 5) is 11.4. The third-order valence-electron chi connectivity index (χ3n) is 6.13. The molecular weight excluding hydrogens is 419 g/mol. The van der Waals surface area contributed by atoms with Crippen LogP contribution in [0.3, 0.4) is 0 Å². The zero-order chi connectivity index (χ0) is 21.6. The highest BCUT2D eigenvalue weighted by molar-refractivity contribution is 6.31. The lowest BCUT2D eigenvalue weighted by atomic mass is 10.0. The Balaban J connectivity index is 1.38. The first kappa shape index (κ1) is 22.0. The monoisotopic (exact) mass is 448 g/mol. The van der Waals surface area contributed by atoms with Crippen LogP contribution in [0, 0.1) is 5.82 Å². The second-order valence-electron chi connectivity index (χ2n) is 8.08. The first-order valence-corrected chi connectivity index (χ1v) is 11.3. The van der Waals surface area contributed by atoms with E-state index in [4.69, 9.17) is 16.1 Å². The Bertz CT molecular complexity index is 843. The smallest absolute Gasteiger partial charge is 0.193 e. The van der Waals surface area contributed by atoms with Gasteiger partial charge in [-0.25, -0.2) is 4.39 Å². The van der Waals surface area contributed by atoms with Crippen LogP contribution < -0.4 is 5.32 Å². The van der Waals surface area contributed by atoms with Crippen molar-refractivity contribution in [1.29, 1.82) is 0 Å². The molecular formula is C22H30ClFN6O. The van der Waals surface area contributed by atoms with Crippen molar-refractivity contribution in [2.24, 2.45) is 4.99 Å². The molecule has 2 aliphatic rings. The van der Waals surface area contributed by atoms with E-state index in [1.54, 1.807) is 25.4 Å². The average Bonchev–Trinajstić information content (AvgIpc) is 3.48. The summed E-state index contributed by atoms with van der Waals surface area (Å²) in [5.74, 6) is 0.598. The van der Waals surface area contributed by atoms with E-state index in [1.165, 1.54) is 6.07 Å². The molecule has 2 saturated heterocycles. The van der Waals surface area contributed by atoms with Crippen LogP contribution in [0.25, 0.3) is 0 Å². The molecule has 2 aliphatic heterocycles. The van der Waals surface area contributed by atoms with Gasteiger partial charge >= 0.3 is 0 Å². The molecule has 168 valence electrons. The molecule has 0 spiro atoms. The number of piperazine rings is 1. The molecule has 3 heterocycles.